The van der Waals surface area contributed by atoms with Crippen molar-refractivity contribution < 1.29 is 19.1 Å². The molecule has 1 aromatic rings. The highest BCUT2D eigenvalue weighted by atomic mass is 16.5. The van der Waals surface area contributed by atoms with Crippen LogP contribution in [0.15, 0.2) is 18.2 Å². The predicted molar refractivity (Wildman–Crippen MR) is 92.4 cm³/mol. The molecule has 0 spiro atoms. The van der Waals surface area contributed by atoms with Crippen molar-refractivity contribution in [1.82, 2.24) is 4.90 Å². The van der Waals surface area contributed by atoms with Crippen molar-refractivity contribution in [3.63, 3.8) is 0 Å². The number of nitrogens with zero attached hydrogens (tertiary/aromatic N) is 1. The number of hydrogen-bond acceptors (Lipinski definition) is 4. The van der Waals surface area contributed by atoms with Crippen molar-refractivity contribution in [2.24, 2.45) is 0 Å². The lowest BCUT2D eigenvalue weighted by Gasteiger charge is -2.32. The average molecular weight is 334 g/mol. The molecule has 0 aromatic heterocycles. The number of rotatable bonds is 5. The van der Waals surface area contributed by atoms with E-state index in [4.69, 9.17) is 9.47 Å². The number of ether oxygens (including phenoxy) is 2. The Morgan fingerprint density at radius 3 is 2.54 bits per heavy atom. The second-order valence-corrected chi connectivity index (χ2v) is 5.83. The van der Waals surface area contributed by atoms with E-state index in [1.54, 1.807) is 23.1 Å². The summed E-state index contributed by atoms with van der Waals surface area (Å²) in [5, 5.41) is 2.66. The van der Waals surface area contributed by atoms with Crippen LogP contribution >= 0.6 is 0 Å². The second-order valence-electron chi connectivity index (χ2n) is 5.83. The molecule has 1 unspecified atom stereocenters. The maximum atomic E-state index is 12.4. The van der Waals surface area contributed by atoms with Crippen LogP contribution in [0, 0.1) is 0 Å². The molecule has 1 heterocycles. The van der Waals surface area contributed by atoms with Gasteiger partial charge in [-0.1, -0.05) is 0 Å². The molecule has 1 fully saturated rings. The number of benzene rings is 1. The van der Waals surface area contributed by atoms with Gasteiger partial charge in [-0.3, -0.25) is 9.59 Å². The van der Waals surface area contributed by atoms with E-state index in [0.29, 0.717) is 36.9 Å². The number of likely N-dealkylation sites (tertiary alicyclic amines) is 1. The molecule has 24 heavy (non-hydrogen) atoms. The van der Waals surface area contributed by atoms with Crippen molar-refractivity contribution in [3.8, 4) is 11.5 Å². The molecule has 1 aliphatic rings. The van der Waals surface area contributed by atoms with Crippen LogP contribution in [-0.2, 0) is 9.59 Å². The van der Waals surface area contributed by atoms with Gasteiger partial charge in [-0.25, -0.2) is 0 Å². The highest BCUT2D eigenvalue weighted by molar-refractivity contribution is 6.39. The van der Waals surface area contributed by atoms with E-state index in [2.05, 4.69) is 5.32 Å². The molecule has 132 valence electrons. The van der Waals surface area contributed by atoms with Gasteiger partial charge >= 0.3 is 11.8 Å². The fraction of sp³-hybridized carbons (Fsp3) is 0.556. The zero-order chi connectivity index (χ0) is 17.5. The molecule has 0 saturated carbocycles. The van der Waals surface area contributed by atoms with E-state index in [0.717, 1.165) is 19.3 Å². The van der Waals surface area contributed by atoms with Crippen molar-refractivity contribution in [3.05, 3.63) is 18.2 Å². The van der Waals surface area contributed by atoms with Gasteiger partial charge in [0.2, 0.25) is 0 Å². The van der Waals surface area contributed by atoms with Gasteiger partial charge in [0.05, 0.1) is 13.2 Å². The number of amides is 2. The van der Waals surface area contributed by atoms with Gasteiger partial charge in [0.1, 0.15) is 0 Å². The number of piperidine rings is 1. The first-order chi connectivity index (χ1) is 11.6. The first-order valence-electron chi connectivity index (χ1n) is 8.58. The molecule has 1 aliphatic heterocycles. The minimum absolute atomic E-state index is 0.108. The first kappa shape index (κ1) is 18.1. The van der Waals surface area contributed by atoms with Crippen molar-refractivity contribution in [2.75, 3.05) is 25.1 Å². The zero-order valence-electron chi connectivity index (χ0n) is 14.6. The fourth-order valence-corrected chi connectivity index (χ4v) is 2.84. The Balaban J connectivity index is 2.07. The molecule has 1 atom stereocenters. The Hall–Kier alpha value is -2.24. The van der Waals surface area contributed by atoms with Crippen LogP contribution in [0.1, 0.15) is 40.0 Å². The van der Waals surface area contributed by atoms with Crippen molar-refractivity contribution in [1.29, 1.82) is 0 Å². The Bertz CT molecular complexity index is 588. The molecule has 2 amide bonds. The van der Waals surface area contributed by atoms with E-state index < -0.39 is 11.8 Å². The summed E-state index contributed by atoms with van der Waals surface area (Å²) in [7, 11) is 0. The highest BCUT2D eigenvalue weighted by Gasteiger charge is 2.28. The quantitative estimate of drug-likeness (QED) is 0.841. The number of nitrogens with one attached hydrogen (secondary N) is 1. The minimum atomic E-state index is -0.615. The highest BCUT2D eigenvalue weighted by Crippen LogP contribution is 2.30. The molecule has 1 N–H and O–H groups in total. The SMILES string of the molecule is CCOc1ccc(NC(=O)C(=O)N2CCCCC2C)cc1OCC. The van der Waals surface area contributed by atoms with Gasteiger partial charge in [0.15, 0.2) is 11.5 Å². The van der Waals surface area contributed by atoms with Crippen LogP contribution in [0.25, 0.3) is 0 Å². The molecular weight excluding hydrogens is 308 g/mol. The molecule has 6 heteroatoms. The van der Waals surface area contributed by atoms with E-state index in [1.807, 2.05) is 20.8 Å². The van der Waals surface area contributed by atoms with E-state index in [9.17, 15) is 9.59 Å². The molecule has 0 radical (unpaired) electrons. The Morgan fingerprint density at radius 1 is 1.17 bits per heavy atom. The Kier molecular flexibility index (Phi) is 6.46. The lowest BCUT2D eigenvalue weighted by molar-refractivity contribution is -0.145. The average Bonchev–Trinajstić information content (AvgIpc) is 2.57. The lowest BCUT2D eigenvalue weighted by atomic mass is 10.0. The number of hydrogen-bond donors (Lipinski definition) is 1. The zero-order valence-corrected chi connectivity index (χ0v) is 14.6. The molecule has 1 aromatic carbocycles. The third kappa shape index (κ3) is 4.40. The number of anilines is 1. The topological polar surface area (TPSA) is 67.9 Å². The first-order valence-corrected chi connectivity index (χ1v) is 8.58. The van der Waals surface area contributed by atoms with Crippen LogP contribution in [0.3, 0.4) is 0 Å². The summed E-state index contributed by atoms with van der Waals surface area (Å²) < 4.78 is 11.0. The van der Waals surface area contributed by atoms with Gasteiger partial charge in [-0.2, -0.15) is 0 Å². The lowest BCUT2D eigenvalue weighted by Crippen LogP contribution is -2.47. The van der Waals surface area contributed by atoms with Gasteiger partial charge in [-0.05, 0) is 52.2 Å². The molecule has 1 saturated heterocycles. The summed E-state index contributed by atoms with van der Waals surface area (Å²) in [4.78, 5) is 26.3. The Morgan fingerprint density at radius 2 is 1.88 bits per heavy atom. The molecule has 0 bridgehead atoms. The monoisotopic (exact) mass is 334 g/mol. The van der Waals surface area contributed by atoms with Crippen LogP contribution < -0.4 is 14.8 Å². The summed E-state index contributed by atoms with van der Waals surface area (Å²) in [6.07, 6.45) is 2.99. The van der Waals surface area contributed by atoms with Crippen LogP contribution in [0.4, 0.5) is 5.69 Å². The largest absolute Gasteiger partial charge is 0.490 e. The smallest absolute Gasteiger partial charge is 0.313 e. The maximum Gasteiger partial charge on any atom is 0.313 e. The van der Waals surface area contributed by atoms with Crippen LogP contribution in [0.2, 0.25) is 0 Å². The minimum Gasteiger partial charge on any atom is -0.490 e. The normalized spacial score (nSPS) is 17.3. The summed E-state index contributed by atoms with van der Waals surface area (Å²) in [6, 6.07) is 5.23. The molecule has 6 nitrogen and oxygen atoms in total. The van der Waals surface area contributed by atoms with E-state index >= 15 is 0 Å². The van der Waals surface area contributed by atoms with Crippen molar-refractivity contribution in [2.45, 2.75) is 46.1 Å². The van der Waals surface area contributed by atoms with Crippen molar-refractivity contribution >= 4 is 17.5 Å². The fourth-order valence-electron chi connectivity index (χ4n) is 2.84. The summed E-state index contributed by atoms with van der Waals surface area (Å²) in [6.45, 7) is 7.40. The summed E-state index contributed by atoms with van der Waals surface area (Å²) in [5.74, 6) is 0.0775. The molecule has 0 aliphatic carbocycles. The second kappa shape index (κ2) is 8.57. The number of carbonyl (C=O) groups excluding carboxylic acids is 2. The third-order valence-electron chi connectivity index (χ3n) is 4.06. The number of carbonyl (C=O) groups is 2. The van der Waals surface area contributed by atoms with E-state index in [1.165, 1.54) is 0 Å². The third-order valence-corrected chi connectivity index (χ3v) is 4.06. The summed E-state index contributed by atoms with van der Waals surface area (Å²) in [5.41, 5.74) is 0.518. The summed E-state index contributed by atoms with van der Waals surface area (Å²) >= 11 is 0. The standard InChI is InChI=1S/C18H26N2O4/c1-4-23-15-10-9-14(12-16(15)24-5-2)19-17(21)18(22)20-11-7-6-8-13(20)3/h9-10,12-13H,4-8,11H2,1-3H3,(H,19,21). The van der Waals surface area contributed by atoms with E-state index in [-0.39, 0.29) is 6.04 Å². The van der Waals surface area contributed by atoms with Gasteiger partial charge < -0.3 is 19.7 Å². The molecular formula is C18H26N2O4. The predicted octanol–water partition coefficient (Wildman–Crippen LogP) is 2.82. The Labute approximate surface area is 143 Å². The van der Waals surface area contributed by atoms with Gasteiger partial charge in [-0.15, -0.1) is 0 Å². The van der Waals surface area contributed by atoms with Gasteiger partial charge in [0, 0.05) is 24.3 Å². The maximum absolute atomic E-state index is 12.4. The van der Waals surface area contributed by atoms with Crippen LogP contribution in [0.5, 0.6) is 11.5 Å². The van der Waals surface area contributed by atoms with Gasteiger partial charge in [0.25, 0.3) is 0 Å². The van der Waals surface area contributed by atoms with Crippen LogP contribution in [-0.4, -0.2) is 42.5 Å². The molecule has 2 rings (SSSR count).